The van der Waals surface area contributed by atoms with E-state index in [2.05, 4.69) is 58.7 Å². The lowest BCUT2D eigenvalue weighted by Crippen LogP contribution is -2.50. The van der Waals surface area contributed by atoms with E-state index in [1.807, 2.05) is 47.4 Å². The minimum absolute atomic E-state index is 0.0572. The Balaban J connectivity index is 1.29. The van der Waals surface area contributed by atoms with E-state index < -0.39 is 5.38 Å². The molecule has 6 heteroatoms. The molecule has 1 aliphatic rings. The summed E-state index contributed by atoms with van der Waals surface area (Å²) in [7, 11) is 0. The lowest BCUT2D eigenvalue weighted by Gasteiger charge is -2.40. The van der Waals surface area contributed by atoms with Crippen LogP contribution in [0.25, 0.3) is 0 Å². The number of alkyl halides is 1. The highest BCUT2D eigenvalue weighted by Crippen LogP contribution is 2.29. The van der Waals surface area contributed by atoms with Gasteiger partial charge < -0.3 is 10.2 Å². The smallest absolute Gasteiger partial charge is 0.242 e. The number of hydrogen-bond donors (Lipinski definition) is 1. The van der Waals surface area contributed by atoms with Crippen molar-refractivity contribution >= 4 is 23.4 Å². The summed E-state index contributed by atoms with van der Waals surface area (Å²) in [5, 5.41) is 2.04. The van der Waals surface area contributed by atoms with Crippen LogP contribution in [0, 0.1) is 0 Å². The van der Waals surface area contributed by atoms with Crippen molar-refractivity contribution in [2.45, 2.75) is 17.8 Å². The second-order valence-corrected chi connectivity index (χ2v) is 8.89. The molecule has 1 unspecified atom stereocenters. The molecule has 5 nitrogen and oxygen atoms in total. The first-order chi connectivity index (χ1) is 16.6. The van der Waals surface area contributed by atoms with Gasteiger partial charge in [0.05, 0.1) is 6.04 Å². The van der Waals surface area contributed by atoms with Gasteiger partial charge in [0, 0.05) is 39.1 Å². The van der Waals surface area contributed by atoms with Crippen molar-refractivity contribution in [2.24, 2.45) is 0 Å². The third-order valence-corrected chi connectivity index (χ3v) is 6.67. The Morgan fingerprint density at radius 1 is 0.735 bits per heavy atom. The number of nitrogens with one attached hydrogen (secondary N) is 1. The van der Waals surface area contributed by atoms with Crippen LogP contribution in [0.15, 0.2) is 91.0 Å². The molecule has 2 amide bonds. The van der Waals surface area contributed by atoms with E-state index in [9.17, 15) is 9.59 Å². The number of nitrogens with zero attached hydrogens (tertiary/aromatic N) is 2. The molecule has 1 heterocycles. The largest absolute Gasteiger partial charge is 0.354 e. The van der Waals surface area contributed by atoms with E-state index in [0.717, 1.165) is 18.7 Å². The van der Waals surface area contributed by atoms with E-state index >= 15 is 0 Å². The lowest BCUT2D eigenvalue weighted by atomic mass is 9.96. The van der Waals surface area contributed by atoms with Gasteiger partial charge >= 0.3 is 0 Å². The predicted octanol–water partition coefficient (Wildman–Crippen LogP) is 4.41. The van der Waals surface area contributed by atoms with Gasteiger partial charge in [0.1, 0.15) is 5.38 Å². The molecular formula is C28H30ClN3O2. The second-order valence-electron chi connectivity index (χ2n) is 8.45. The zero-order valence-electron chi connectivity index (χ0n) is 19.1. The van der Waals surface area contributed by atoms with Crippen molar-refractivity contribution in [1.82, 2.24) is 15.1 Å². The maximum absolute atomic E-state index is 12.8. The highest BCUT2D eigenvalue weighted by Gasteiger charge is 2.28. The summed E-state index contributed by atoms with van der Waals surface area (Å²) >= 11 is 6.25. The molecule has 0 radical (unpaired) electrons. The highest BCUT2D eigenvalue weighted by atomic mass is 35.5. The maximum atomic E-state index is 12.8. The van der Waals surface area contributed by atoms with Gasteiger partial charge in [-0.15, -0.1) is 11.6 Å². The minimum atomic E-state index is -0.757. The van der Waals surface area contributed by atoms with Crippen LogP contribution >= 0.6 is 11.6 Å². The molecule has 34 heavy (non-hydrogen) atoms. The first kappa shape index (κ1) is 24.0. The molecule has 0 saturated carbocycles. The molecule has 1 N–H and O–H groups in total. The van der Waals surface area contributed by atoms with E-state index in [1.54, 1.807) is 0 Å². The monoisotopic (exact) mass is 475 g/mol. The SMILES string of the molecule is O=C(NCCC(=O)N1CCN(C(c2ccccc2)c2ccccc2)CC1)C(Cl)c1ccccc1. The summed E-state index contributed by atoms with van der Waals surface area (Å²) in [5.74, 6) is -0.221. The molecular weight excluding hydrogens is 446 g/mol. The van der Waals surface area contributed by atoms with Crippen LogP contribution in [0.1, 0.15) is 34.5 Å². The number of piperazine rings is 1. The van der Waals surface area contributed by atoms with Crippen LogP contribution < -0.4 is 5.32 Å². The van der Waals surface area contributed by atoms with Gasteiger partial charge in [-0.1, -0.05) is 91.0 Å². The summed E-state index contributed by atoms with van der Waals surface area (Å²) in [6.07, 6.45) is 0.269. The Labute approximate surface area is 206 Å². The van der Waals surface area contributed by atoms with Crippen molar-refractivity contribution in [1.29, 1.82) is 0 Å². The Hall–Kier alpha value is -3.15. The number of carbonyl (C=O) groups excluding carboxylic acids is 2. The zero-order valence-corrected chi connectivity index (χ0v) is 19.9. The van der Waals surface area contributed by atoms with E-state index in [4.69, 9.17) is 11.6 Å². The first-order valence-electron chi connectivity index (χ1n) is 11.7. The minimum Gasteiger partial charge on any atom is -0.354 e. The molecule has 0 aliphatic carbocycles. The van der Waals surface area contributed by atoms with Crippen LogP contribution in [-0.2, 0) is 9.59 Å². The van der Waals surface area contributed by atoms with E-state index in [0.29, 0.717) is 13.1 Å². The average molecular weight is 476 g/mol. The molecule has 0 aromatic heterocycles. The summed E-state index contributed by atoms with van der Waals surface area (Å²) in [6.45, 7) is 3.22. The fraction of sp³-hybridized carbons (Fsp3) is 0.286. The van der Waals surface area contributed by atoms with Gasteiger partial charge in [-0.25, -0.2) is 0 Å². The van der Waals surface area contributed by atoms with Gasteiger partial charge in [-0.2, -0.15) is 0 Å². The Morgan fingerprint density at radius 3 is 1.71 bits per heavy atom. The summed E-state index contributed by atoms with van der Waals surface area (Å²) in [4.78, 5) is 29.4. The van der Waals surface area contributed by atoms with Gasteiger partial charge in [0.25, 0.3) is 0 Å². The molecule has 0 bridgehead atoms. The number of benzene rings is 3. The van der Waals surface area contributed by atoms with Gasteiger partial charge in [-0.3, -0.25) is 14.5 Å². The molecule has 1 fully saturated rings. The zero-order chi connectivity index (χ0) is 23.8. The van der Waals surface area contributed by atoms with Crippen LogP contribution in [-0.4, -0.2) is 54.3 Å². The van der Waals surface area contributed by atoms with Crippen LogP contribution in [0.5, 0.6) is 0 Å². The Morgan fingerprint density at radius 2 is 1.21 bits per heavy atom. The molecule has 1 saturated heterocycles. The average Bonchev–Trinajstić information content (AvgIpc) is 2.90. The first-order valence-corrected chi connectivity index (χ1v) is 12.2. The number of halogens is 1. The van der Waals surface area contributed by atoms with Crippen molar-refractivity contribution in [2.75, 3.05) is 32.7 Å². The molecule has 1 aliphatic heterocycles. The fourth-order valence-electron chi connectivity index (χ4n) is 4.43. The molecule has 176 valence electrons. The molecule has 1 atom stereocenters. The maximum Gasteiger partial charge on any atom is 0.242 e. The number of carbonyl (C=O) groups is 2. The summed E-state index contributed by atoms with van der Waals surface area (Å²) < 4.78 is 0. The third kappa shape index (κ3) is 6.04. The molecule has 0 spiro atoms. The van der Waals surface area contributed by atoms with Crippen LogP contribution in [0.3, 0.4) is 0 Å². The topological polar surface area (TPSA) is 52.7 Å². The van der Waals surface area contributed by atoms with Crippen LogP contribution in [0.4, 0.5) is 0 Å². The van der Waals surface area contributed by atoms with Gasteiger partial charge in [0.15, 0.2) is 0 Å². The molecule has 4 rings (SSSR count). The Kier molecular flexibility index (Phi) is 8.34. The number of amides is 2. The van der Waals surface area contributed by atoms with E-state index in [1.165, 1.54) is 11.1 Å². The van der Waals surface area contributed by atoms with E-state index in [-0.39, 0.29) is 30.8 Å². The molecule has 3 aromatic carbocycles. The molecule has 3 aromatic rings. The summed E-state index contributed by atoms with van der Waals surface area (Å²) in [6, 6.07) is 30.4. The van der Waals surface area contributed by atoms with Gasteiger partial charge in [-0.05, 0) is 16.7 Å². The van der Waals surface area contributed by atoms with Gasteiger partial charge in [0.2, 0.25) is 11.8 Å². The fourth-order valence-corrected chi connectivity index (χ4v) is 4.65. The third-order valence-electron chi connectivity index (χ3n) is 6.22. The van der Waals surface area contributed by atoms with Crippen molar-refractivity contribution in [3.63, 3.8) is 0 Å². The highest BCUT2D eigenvalue weighted by molar-refractivity contribution is 6.30. The Bertz CT molecular complexity index is 1020. The normalized spacial score (nSPS) is 15.2. The van der Waals surface area contributed by atoms with Crippen molar-refractivity contribution < 1.29 is 9.59 Å². The summed E-state index contributed by atoms with van der Waals surface area (Å²) in [5.41, 5.74) is 3.26. The quantitative estimate of drug-likeness (QED) is 0.491. The standard InChI is InChI=1S/C28H30ClN3O2/c29-26(22-10-4-1-5-11-22)28(34)30-17-16-25(33)31-18-20-32(21-19-31)27(23-12-6-2-7-13-23)24-14-8-3-9-15-24/h1-15,26-27H,16-21H2,(H,30,34). The van der Waals surface area contributed by atoms with Crippen molar-refractivity contribution in [3.05, 3.63) is 108 Å². The predicted molar refractivity (Wildman–Crippen MR) is 136 cm³/mol. The number of rotatable bonds is 8. The second kappa shape index (κ2) is 11.8. The van der Waals surface area contributed by atoms with Crippen LogP contribution in [0.2, 0.25) is 0 Å². The van der Waals surface area contributed by atoms with Crippen molar-refractivity contribution in [3.8, 4) is 0 Å². The lowest BCUT2D eigenvalue weighted by molar-refractivity contribution is -0.133. The number of hydrogen-bond acceptors (Lipinski definition) is 3.